The molecule has 1 saturated heterocycles. The Morgan fingerprint density at radius 2 is 1.79 bits per heavy atom. The number of carbonyl (C=O) groups excluding carboxylic acids is 1. The summed E-state index contributed by atoms with van der Waals surface area (Å²) in [5.74, 6) is -1.87. The maximum Gasteiger partial charge on any atom is 0.253 e. The summed E-state index contributed by atoms with van der Waals surface area (Å²) in [6.45, 7) is 0.891. The fourth-order valence-electron chi connectivity index (χ4n) is 3.24. The van der Waals surface area contributed by atoms with Crippen LogP contribution in [0.5, 0.6) is 0 Å². The van der Waals surface area contributed by atoms with Gasteiger partial charge in [0, 0.05) is 43.9 Å². The van der Waals surface area contributed by atoms with Crippen LogP contribution in [0.15, 0.2) is 47.4 Å². The van der Waals surface area contributed by atoms with Crippen molar-refractivity contribution in [1.82, 2.24) is 9.21 Å². The largest absolute Gasteiger partial charge is 0.337 e. The highest BCUT2D eigenvalue weighted by molar-refractivity contribution is 7.89. The first-order chi connectivity index (χ1) is 13.3. The van der Waals surface area contributed by atoms with E-state index in [9.17, 15) is 22.0 Å². The lowest BCUT2D eigenvalue weighted by Crippen LogP contribution is -2.35. The molecule has 2 aromatic rings. The van der Waals surface area contributed by atoms with Crippen molar-refractivity contribution in [3.8, 4) is 0 Å². The minimum absolute atomic E-state index is 0.0615. The number of halogens is 2. The number of piperidine rings is 1. The number of nitrogens with zero attached hydrogens (tertiary/aromatic N) is 2. The second-order valence-electron chi connectivity index (χ2n) is 6.89. The van der Waals surface area contributed by atoms with Crippen LogP contribution in [0.2, 0.25) is 0 Å². The molecule has 0 radical (unpaired) electrons. The predicted octanol–water partition coefficient (Wildman–Crippen LogP) is 3.41. The molecule has 0 atom stereocenters. The number of benzene rings is 2. The molecule has 2 aromatic carbocycles. The quantitative estimate of drug-likeness (QED) is 0.762. The molecule has 0 N–H and O–H groups in total. The van der Waals surface area contributed by atoms with Crippen LogP contribution in [0.1, 0.15) is 35.2 Å². The Bertz CT molecular complexity index is 973. The lowest BCUT2D eigenvalue weighted by Gasteiger charge is -2.26. The monoisotopic (exact) mass is 408 g/mol. The molecular weight excluding hydrogens is 386 g/mol. The minimum atomic E-state index is -3.65. The summed E-state index contributed by atoms with van der Waals surface area (Å²) in [5, 5.41) is 0. The van der Waals surface area contributed by atoms with E-state index in [1.165, 1.54) is 46.6 Å². The van der Waals surface area contributed by atoms with E-state index in [-0.39, 0.29) is 22.6 Å². The van der Waals surface area contributed by atoms with E-state index in [0.717, 1.165) is 31.4 Å². The topological polar surface area (TPSA) is 57.7 Å². The lowest BCUT2D eigenvalue weighted by molar-refractivity contribution is 0.0783. The van der Waals surface area contributed by atoms with Crippen LogP contribution in [0.3, 0.4) is 0 Å². The van der Waals surface area contributed by atoms with Gasteiger partial charge >= 0.3 is 0 Å². The van der Waals surface area contributed by atoms with Crippen molar-refractivity contribution in [2.45, 2.75) is 30.7 Å². The van der Waals surface area contributed by atoms with E-state index in [2.05, 4.69) is 0 Å². The molecular formula is C20H22F2N2O3S. The molecule has 28 heavy (non-hydrogen) atoms. The Labute approximate surface area is 163 Å². The number of hydrogen-bond donors (Lipinski definition) is 0. The van der Waals surface area contributed by atoms with E-state index in [1.807, 2.05) is 0 Å². The van der Waals surface area contributed by atoms with Gasteiger partial charge < -0.3 is 4.90 Å². The third-order valence-electron chi connectivity index (χ3n) is 4.80. The first kappa shape index (κ1) is 20.4. The number of sulfonamides is 1. The van der Waals surface area contributed by atoms with Crippen molar-refractivity contribution in [2.75, 3.05) is 20.1 Å². The Kier molecular flexibility index (Phi) is 6.10. The lowest BCUT2D eigenvalue weighted by atomic mass is 10.1. The van der Waals surface area contributed by atoms with Gasteiger partial charge in [-0.3, -0.25) is 4.79 Å². The van der Waals surface area contributed by atoms with Crippen molar-refractivity contribution in [3.05, 3.63) is 65.2 Å². The van der Waals surface area contributed by atoms with Crippen LogP contribution in [0.4, 0.5) is 8.78 Å². The van der Waals surface area contributed by atoms with Crippen LogP contribution in [-0.4, -0.2) is 43.7 Å². The zero-order valence-electron chi connectivity index (χ0n) is 15.6. The molecule has 1 fully saturated rings. The molecule has 0 saturated carbocycles. The number of carbonyl (C=O) groups is 1. The molecule has 1 amide bonds. The van der Waals surface area contributed by atoms with E-state index >= 15 is 0 Å². The van der Waals surface area contributed by atoms with E-state index in [0.29, 0.717) is 13.1 Å². The molecule has 150 valence electrons. The van der Waals surface area contributed by atoms with Gasteiger partial charge in [-0.05, 0) is 37.1 Å². The molecule has 0 aliphatic carbocycles. The normalized spacial score (nSPS) is 15.4. The summed E-state index contributed by atoms with van der Waals surface area (Å²) in [7, 11) is -2.17. The number of rotatable bonds is 5. The molecule has 0 unspecified atom stereocenters. The van der Waals surface area contributed by atoms with Crippen molar-refractivity contribution in [3.63, 3.8) is 0 Å². The fraction of sp³-hybridized carbons (Fsp3) is 0.350. The van der Waals surface area contributed by atoms with Crippen molar-refractivity contribution in [2.24, 2.45) is 0 Å². The molecule has 3 rings (SSSR count). The molecule has 1 aliphatic heterocycles. The van der Waals surface area contributed by atoms with Crippen LogP contribution < -0.4 is 0 Å². The van der Waals surface area contributed by atoms with Crippen LogP contribution in [0.25, 0.3) is 0 Å². The number of amides is 1. The fourth-order valence-corrected chi connectivity index (χ4v) is 4.81. The molecule has 8 heteroatoms. The summed E-state index contributed by atoms with van der Waals surface area (Å²) in [5.41, 5.74) is 0.373. The van der Waals surface area contributed by atoms with Gasteiger partial charge in [0.15, 0.2) is 0 Å². The zero-order chi connectivity index (χ0) is 20.3. The standard InChI is InChI=1S/C20H22F2N2O3S/c1-23(14-16-8-9-17(21)13-19(16)22)20(25)15-6-5-7-18(12-15)28(26,27)24-10-3-2-4-11-24/h5-9,12-13H,2-4,10-11,14H2,1H3. The van der Waals surface area contributed by atoms with E-state index < -0.39 is 27.6 Å². The molecule has 0 spiro atoms. The molecule has 1 aliphatic rings. The Balaban J connectivity index is 1.79. The average molecular weight is 408 g/mol. The van der Waals surface area contributed by atoms with Gasteiger partial charge in [-0.1, -0.05) is 18.6 Å². The molecule has 1 heterocycles. The van der Waals surface area contributed by atoms with Gasteiger partial charge in [-0.2, -0.15) is 4.31 Å². The SMILES string of the molecule is CN(Cc1ccc(F)cc1F)C(=O)c1cccc(S(=O)(=O)N2CCCCC2)c1. The minimum Gasteiger partial charge on any atom is -0.337 e. The molecule has 0 aromatic heterocycles. The predicted molar refractivity (Wildman–Crippen MR) is 101 cm³/mol. The average Bonchev–Trinajstić information content (AvgIpc) is 2.70. The summed E-state index contributed by atoms with van der Waals surface area (Å²) < 4.78 is 53.9. The van der Waals surface area contributed by atoms with Gasteiger partial charge in [0.05, 0.1) is 4.90 Å². The van der Waals surface area contributed by atoms with Crippen LogP contribution in [0, 0.1) is 11.6 Å². The van der Waals surface area contributed by atoms with Gasteiger partial charge in [-0.25, -0.2) is 17.2 Å². The molecule has 5 nitrogen and oxygen atoms in total. The maximum atomic E-state index is 13.8. The van der Waals surface area contributed by atoms with Gasteiger partial charge in [0.1, 0.15) is 11.6 Å². The third kappa shape index (κ3) is 4.39. The highest BCUT2D eigenvalue weighted by atomic mass is 32.2. The molecule has 0 bridgehead atoms. The summed E-state index contributed by atoms with van der Waals surface area (Å²) in [6, 6.07) is 9.04. The first-order valence-electron chi connectivity index (χ1n) is 9.08. The summed E-state index contributed by atoms with van der Waals surface area (Å²) >= 11 is 0. The smallest absolute Gasteiger partial charge is 0.253 e. The summed E-state index contributed by atoms with van der Waals surface area (Å²) in [4.78, 5) is 14.0. The van der Waals surface area contributed by atoms with Gasteiger partial charge in [0.25, 0.3) is 5.91 Å². The third-order valence-corrected chi connectivity index (χ3v) is 6.70. The highest BCUT2D eigenvalue weighted by Gasteiger charge is 2.27. The maximum absolute atomic E-state index is 13.8. The highest BCUT2D eigenvalue weighted by Crippen LogP contribution is 2.22. The van der Waals surface area contributed by atoms with Crippen LogP contribution in [-0.2, 0) is 16.6 Å². The van der Waals surface area contributed by atoms with Gasteiger partial charge in [-0.15, -0.1) is 0 Å². The second kappa shape index (κ2) is 8.36. The van der Waals surface area contributed by atoms with E-state index in [1.54, 1.807) is 0 Å². The van der Waals surface area contributed by atoms with Crippen molar-refractivity contribution in [1.29, 1.82) is 0 Å². The summed E-state index contributed by atoms with van der Waals surface area (Å²) in [6.07, 6.45) is 2.66. The first-order valence-corrected chi connectivity index (χ1v) is 10.5. The van der Waals surface area contributed by atoms with E-state index in [4.69, 9.17) is 0 Å². The Hall–Kier alpha value is -2.32. The second-order valence-corrected chi connectivity index (χ2v) is 8.83. The van der Waals surface area contributed by atoms with Crippen molar-refractivity contribution < 1.29 is 22.0 Å². The Morgan fingerprint density at radius 3 is 2.46 bits per heavy atom. The Morgan fingerprint density at radius 1 is 1.07 bits per heavy atom. The zero-order valence-corrected chi connectivity index (χ0v) is 16.4. The van der Waals surface area contributed by atoms with Gasteiger partial charge in [0.2, 0.25) is 10.0 Å². The van der Waals surface area contributed by atoms with Crippen molar-refractivity contribution >= 4 is 15.9 Å². The van der Waals surface area contributed by atoms with Crippen LogP contribution >= 0.6 is 0 Å². The number of hydrogen-bond acceptors (Lipinski definition) is 3.